The number of carbonyl (C=O) groups excluding carboxylic acids is 1. The Morgan fingerprint density at radius 1 is 1.17 bits per heavy atom. The van der Waals surface area contributed by atoms with Crippen LogP contribution in [-0.4, -0.2) is 61.6 Å². The Labute approximate surface area is 146 Å². The number of carbonyl (C=O) groups is 1. The van der Waals surface area contributed by atoms with Crippen molar-refractivity contribution in [1.29, 1.82) is 5.26 Å². The van der Waals surface area contributed by atoms with Crippen LogP contribution in [-0.2, 0) is 9.53 Å². The minimum atomic E-state index is 0.231. The summed E-state index contributed by atoms with van der Waals surface area (Å²) in [5, 5.41) is 8.85. The van der Waals surface area contributed by atoms with Gasteiger partial charge in [-0.1, -0.05) is 32.1 Å². The summed E-state index contributed by atoms with van der Waals surface area (Å²) in [4.78, 5) is 16.8. The molecule has 2 fully saturated rings. The molecule has 1 aliphatic carbocycles. The molecule has 0 bridgehead atoms. The Hall–Kier alpha value is -1.12. The van der Waals surface area contributed by atoms with Gasteiger partial charge in [0, 0.05) is 39.1 Å². The van der Waals surface area contributed by atoms with Gasteiger partial charge < -0.3 is 9.64 Å². The molecule has 1 saturated heterocycles. The number of nitriles is 1. The van der Waals surface area contributed by atoms with Crippen LogP contribution in [0, 0.1) is 17.2 Å². The van der Waals surface area contributed by atoms with E-state index in [2.05, 4.69) is 11.0 Å². The molecule has 1 saturated carbocycles. The minimum absolute atomic E-state index is 0.231. The standard InChI is InChI=1S/C19H33N3O2/c20-10-5-11-22(13-12-21-14-16-24-17-15-21)19(23)9-4-8-18-6-2-1-3-7-18/h18H,1-9,11-17H2. The van der Waals surface area contributed by atoms with Gasteiger partial charge in [0.25, 0.3) is 0 Å². The Kier molecular flexibility index (Phi) is 9.15. The van der Waals surface area contributed by atoms with Crippen molar-refractivity contribution in [3.05, 3.63) is 0 Å². The molecule has 2 rings (SSSR count). The predicted octanol–water partition coefficient (Wildman–Crippen LogP) is 2.81. The van der Waals surface area contributed by atoms with Crippen LogP contribution in [0.25, 0.3) is 0 Å². The van der Waals surface area contributed by atoms with Crippen LogP contribution in [0.3, 0.4) is 0 Å². The first-order chi connectivity index (χ1) is 11.8. The molecule has 1 amide bonds. The maximum atomic E-state index is 12.5. The van der Waals surface area contributed by atoms with E-state index in [1.54, 1.807) is 0 Å². The first kappa shape index (κ1) is 19.2. The normalized spacial score (nSPS) is 19.8. The van der Waals surface area contributed by atoms with E-state index >= 15 is 0 Å². The van der Waals surface area contributed by atoms with Crippen molar-refractivity contribution >= 4 is 5.91 Å². The predicted molar refractivity (Wildman–Crippen MR) is 94.5 cm³/mol. The number of nitrogens with zero attached hydrogens (tertiary/aromatic N) is 3. The van der Waals surface area contributed by atoms with Crippen molar-refractivity contribution in [1.82, 2.24) is 9.80 Å². The molecule has 0 radical (unpaired) electrons. The fourth-order valence-electron chi connectivity index (χ4n) is 3.81. The third-order valence-electron chi connectivity index (χ3n) is 5.36. The molecule has 136 valence electrons. The lowest BCUT2D eigenvalue weighted by atomic mass is 9.86. The molecule has 0 aromatic carbocycles. The number of amides is 1. The molecule has 0 unspecified atom stereocenters. The lowest BCUT2D eigenvalue weighted by Crippen LogP contribution is -2.43. The molecule has 24 heavy (non-hydrogen) atoms. The zero-order valence-electron chi connectivity index (χ0n) is 15.0. The number of hydrogen-bond donors (Lipinski definition) is 0. The number of rotatable bonds is 9. The van der Waals surface area contributed by atoms with Gasteiger partial charge in [0.05, 0.1) is 25.7 Å². The van der Waals surface area contributed by atoms with Gasteiger partial charge in [-0.05, 0) is 18.8 Å². The van der Waals surface area contributed by atoms with Crippen molar-refractivity contribution in [2.75, 3.05) is 45.9 Å². The summed E-state index contributed by atoms with van der Waals surface area (Å²) < 4.78 is 5.36. The lowest BCUT2D eigenvalue weighted by molar-refractivity contribution is -0.131. The average molecular weight is 335 g/mol. The fourth-order valence-corrected chi connectivity index (χ4v) is 3.81. The second-order valence-electron chi connectivity index (χ2n) is 7.14. The van der Waals surface area contributed by atoms with E-state index in [0.29, 0.717) is 19.4 Å². The van der Waals surface area contributed by atoms with Gasteiger partial charge in [-0.15, -0.1) is 0 Å². The molecule has 0 atom stereocenters. The zero-order chi connectivity index (χ0) is 17.0. The van der Waals surface area contributed by atoms with Gasteiger partial charge >= 0.3 is 0 Å². The summed E-state index contributed by atoms with van der Waals surface area (Å²) in [6.07, 6.45) is 10.1. The minimum Gasteiger partial charge on any atom is -0.379 e. The van der Waals surface area contributed by atoms with Crippen LogP contribution in [0.5, 0.6) is 0 Å². The molecular formula is C19H33N3O2. The van der Waals surface area contributed by atoms with Gasteiger partial charge in [0.1, 0.15) is 0 Å². The van der Waals surface area contributed by atoms with Crippen molar-refractivity contribution in [3.63, 3.8) is 0 Å². The Morgan fingerprint density at radius 3 is 2.62 bits per heavy atom. The maximum Gasteiger partial charge on any atom is 0.222 e. The van der Waals surface area contributed by atoms with Crippen LogP contribution >= 0.6 is 0 Å². The van der Waals surface area contributed by atoms with Crippen molar-refractivity contribution in [3.8, 4) is 6.07 Å². The first-order valence-corrected chi connectivity index (χ1v) is 9.74. The highest BCUT2D eigenvalue weighted by Crippen LogP contribution is 2.27. The summed E-state index contributed by atoms with van der Waals surface area (Å²) in [5.41, 5.74) is 0. The Balaban J connectivity index is 1.68. The van der Waals surface area contributed by atoms with Crippen molar-refractivity contribution in [2.24, 2.45) is 5.92 Å². The molecule has 2 aliphatic rings. The molecule has 1 aliphatic heterocycles. The van der Waals surface area contributed by atoms with Crippen molar-refractivity contribution < 1.29 is 9.53 Å². The zero-order valence-corrected chi connectivity index (χ0v) is 15.0. The smallest absolute Gasteiger partial charge is 0.222 e. The molecule has 0 N–H and O–H groups in total. The lowest BCUT2D eigenvalue weighted by Gasteiger charge is -2.30. The van der Waals surface area contributed by atoms with E-state index in [9.17, 15) is 4.79 Å². The monoisotopic (exact) mass is 335 g/mol. The van der Waals surface area contributed by atoms with Gasteiger partial charge in [-0.2, -0.15) is 5.26 Å². The summed E-state index contributed by atoms with van der Waals surface area (Å²) in [6, 6.07) is 2.17. The summed E-state index contributed by atoms with van der Waals surface area (Å²) >= 11 is 0. The Morgan fingerprint density at radius 2 is 1.92 bits per heavy atom. The highest BCUT2D eigenvalue weighted by atomic mass is 16.5. The second-order valence-corrected chi connectivity index (χ2v) is 7.14. The number of morpholine rings is 1. The van der Waals surface area contributed by atoms with Gasteiger partial charge in [-0.3, -0.25) is 9.69 Å². The molecular weight excluding hydrogens is 302 g/mol. The maximum absolute atomic E-state index is 12.5. The van der Waals surface area contributed by atoms with Gasteiger partial charge in [-0.25, -0.2) is 0 Å². The number of ether oxygens (including phenoxy) is 1. The summed E-state index contributed by atoms with van der Waals surface area (Å²) in [5.74, 6) is 1.07. The van der Waals surface area contributed by atoms with E-state index in [0.717, 1.165) is 51.7 Å². The van der Waals surface area contributed by atoms with Gasteiger partial charge in [0.15, 0.2) is 0 Å². The van der Waals surface area contributed by atoms with Crippen LogP contribution in [0.2, 0.25) is 0 Å². The Bertz CT molecular complexity index is 396. The SMILES string of the molecule is N#CCCN(CCN1CCOCC1)C(=O)CCCC1CCCCC1. The van der Waals surface area contributed by atoms with E-state index in [-0.39, 0.29) is 5.91 Å². The quantitative estimate of drug-likeness (QED) is 0.650. The van der Waals surface area contributed by atoms with Crippen molar-refractivity contribution in [2.45, 2.75) is 57.8 Å². The highest BCUT2D eigenvalue weighted by molar-refractivity contribution is 5.76. The third-order valence-corrected chi connectivity index (χ3v) is 5.36. The number of hydrogen-bond acceptors (Lipinski definition) is 4. The van der Waals surface area contributed by atoms with E-state index < -0.39 is 0 Å². The third kappa shape index (κ3) is 7.19. The topological polar surface area (TPSA) is 56.6 Å². The second kappa shape index (κ2) is 11.4. The van der Waals surface area contributed by atoms with E-state index in [1.807, 2.05) is 4.90 Å². The van der Waals surface area contributed by atoms with Crippen LogP contribution in [0.15, 0.2) is 0 Å². The van der Waals surface area contributed by atoms with Crippen LogP contribution in [0.4, 0.5) is 0 Å². The van der Waals surface area contributed by atoms with E-state index in [4.69, 9.17) is 10.00 Å². The van der Waals surface area contributed by atoms with Gasteiger partial charge in [0.2, 0.25) is 5.91 Å². The largest absolute Gasteiger partial charge is 0.379 e. The molecule has 0 aromatic heterocycles. The molecule has 5 nitrogen and oxygen atoms in total. The van der Waals surface area contributed by atoms with Crippen LogP contribution in [0.1, 0.15) is 57.8 Å². The highest BCUT2D eigenvalue weighted by Gasteiger charge is 2.18. The molecule has 1 heterocycles. The van der Waals surface area contributed by atoms with E-state index in [1.165, 1.54) is 38.5 Å². The van der Waals surface area contributed by atoms with Crippen LogP contribution < -0.4 is 0 Å². The first-order valence-electron chi connectivity index (χ1n) is 9.74. The molecule has 5 heteroatoms. The fraction of sp³-hybridized carbons (Fsp3) is 0.895. The molecule has 0 aromatic rings. The summed E-state index contributed by atoms with van der Waals surface area (Å²) in [7, 11) is 0. The average Bonchev–Trinajstić information content (AvgIpc) is 2.63. The molecule has 0 spiro atoms. The summed E-state index contributed by atoms with van der Waals surface area (Å²) in [6.45, 7) is 5.67.